The van der Waals surface area contributed by atoms with E-state index in [0.717, 1.165) is 35.3 Å². The van der Waals surface area contributed by atoms with Gasteiger partial charge in [-0.25, -0.2) is 4.98 Å². The van der Waals surface area contributed by atoms with Crippen molar-refractivity contribution in [2.75, 3.05) is 0 Å². The Morgan fingerprint density at radius 2 is 2.21 bits per heavy atom. The fraction of sp³-hybridized carbons (Fsp3) is 0.235. The Labute approximate surface area is 142 Å². The van der Waals surface area contributed by atoms with E-state index in [1.54, 1.807) is 23.0 Å². The summed E-state index contributed by atoms with van der Waals surface area (Å²) in [7, 11) is 0. The highest BCUT2D eigenvalue weighted by Gasteiger charge is 2.15. The fourth-order valence-electron chi connectivity index (χ4n) is 3.12. The summed E-state index contributed by atoms with van der Waals surface area (Å²) >= 11 is 6.15. The molecule has 1 aromatic carbocycles. The summed E-state index contributed by atoms with van der Waals surface area (Å²) < 4.78 is 1.81. The first-order chi connectivity index (χ1) is 11.6. The van der Waals surface area contributed by atoms with Gasteiger partial charge in [0, 0.05) is 41.5 Å². The van der Waals surface area contributed by atoms with Gasteiger partial charge in [-0.1, -0.05) is 11.6 Å². The van der Waals surface area contributed by atoms with E-state index in [4.69, 9.17) is 11.6 Å². The van der Waals surface area contributed by atoms with Crippen molar-refractivity contribution in [3.63, 3.8) is 0 Å². The SMILES string of the molecule is Cc1[nH]nc2c1c(=O)n(CCCc1ncc[nH]1)c1ccc(Cl)cc21. The molecule has 6 nitrogen and oxygen atoms in total. The van der Waals surface area contributed by atoms with E-state index in [2.05, 4.69) is 20.2 Å². The fourth-order valence-corrected chi connectivity index (χ4v) is 3.30. The van der Waals surface area contributed by atoms with Crippen LogP contribution >= 0.6 is 11.6 Å². The number of nitrogens with zero attached hydrogens (tertiary/aromatic N) is 3. The molecular weight excluding hydrogens is 326 g/mol. The van der Waals surface area contributed by atoms with Crippen LogP contribution in [0.2, 0.25) is 5.02 Å². The van der Waals surface area contributed by atoms with Gasteiger partial charge in [0.15, 0.2) is 0 Å². The van der Waals surface area contributed by atoms with E-state index >= 15 is 0 Å². The van der Waals surface area contributed by atoms with E-state index in [1.807, 2.05) is 19.1 Å². The van der Waals surface area contributed by atoms with Crippen LogP contribution in [0.5, 0.6) is 0 Å². The Morgan fingerprint density at radius 3 is 3.00 bits per heavy atom. The monoisotopic (exact) mass is 341 g/mol. The minimum absolute atomic E-state index is 0.0227. The summed E-state index contributed by atoms with van der Waals surface area (Å²) in [5.74, 6) is 0.927. The van der Waals surface area contributed by atoms with Crippen molar-refractivity contribution >= 4 is 33.4 Å². The number of fused-ring (bicyclic) bond motifs is 3. The number of benzene rings is 1. The summed E-state index contributed by atoms with van der Waals surface area (Å²) in [5.41, 5.74) is 2.28. The number of aromatic nitrogens is 5. The predicted molar refractivity (Wildman–Crippen MR) is 94.5 cm³/mol. The van der Waals surface area contributed by atoms with Crippen LogP contribution in [-0.2, 0) is 13.0 Å². The lowest BCUT2D eigenvalue weighted by Crippen LogP contribution is -2.21. The third kappa shape index (κ3) is 2.39. The van der Waals surface area contributed by atoms with Crippen LogP contribution in [0.4, 0.5) is 0 Å². The highest BCUT2D eigenvalue weighted by atomic mass is 35.5. The lowest BCUT2D eigenvalue weighted by atomic mass is 10.1. The third-order valence-corrected chi connectivity index (χ3v) is 4.50. The molecule has 2 N–H and O–H groups in total. The van der Waals surface area contributed by atoms with Crippen LogP contribution in [-0.4, -0.2) is 24.7 Å². The Kier molecular flexibility index (Phi) is 3.61. The smallest absolute Gasteiger partial charge is 0.262 e. The molecule has 0 saturated heterocycles. The predicted octanol–water partition coefficient (Wildman–Crippen LogP) is 3.20. The molecule has 0 aliphatic rings. The summed E-state index contributed by atoms with van der Waals surface area (Å²) in [6.45, 7) is 2.47. The Morgan fingerprint density at radius 1 is 1.33 bits per heavy atom. The highest BCUT2D eigenvalue weighted by Crippen LogP contribution is 2.25. The van der Waals surface area contributed by atoms with E-state index in [1.165, 1.54) is 0 Å². The van der Waals surface area contributed by atoms with Crippen molar-refractivity contribution in [1.82, 2.24) is 24.7 Å². The minimum Gasteiger partial charge on any atom is -0.349 e. The molecule has 0 bridgehead atoms. The summed E-state index contributed by atoms with van der Waals surface area (Å²) in [6.07, 6.45) is 5.14. The van der Waals surface area contributed by atoms with Crippen LogP contribution in [0.15, 0.2) is 35.4 Å². The number of hydrogen-bond donors (Lipinski definition) is 2. The number of pyridine rings is 1. The van der Waals surface area contributed by atoms with Gasteiger partial charge in [0.2, 0.25) is 0 Å². The number of rotatable bonds is 4. The molecule has 0 atom stereocenters. The van der Waals surface area contributed by atoms with Crippen LogP contribution in [0.25, 0.3) is 21.8 Å². The maximum Gasteiger partial charge on any atom is 0.262 e. The zero-order valence-corrected chi connectivity index (χ0v) is 13.9. The number of aromatic amines is 2. The average Bonchev–Trinajstić information content (AvgIpc) is 3.21. The standard InChI is InChI=1S/C17H16ClN5O/c1-10-15-16(22-21-10)12-9-11(18)4-5-13(12)23(17(15)24)8-2-3-14-19-6-7-20-14/h4-7,9H,2-3,8H2,1H3,(H,19,20)(H,21,22). The molecule has 0 aliphatic carbocycles. The van der Waals surface area contributed by atoms with Crippen molar-refractivity contribution in [2.45, 2.75) is 26.3 Å². The van der Waals surface area contributed by atoms with Gasteiger partial charge in [0.05, 0.1) is 10.9 Å². The lowest BCUT2D eigenvalue weighted by Gasteiger charge is -2.11. The number of imidazole rings is 1. The Hall–Kier alpha value is -2.60. The normalized spacial score (nSPS) is 11.6. The second kappa shape index (κ2) is 5.79. The topological polar surface area (TPSA) is 79.4 Å². The van der Waals surface area contributed by atoms with Crippen molar-refractivity contribution in [3.05, 3.63) is 57.5 Å². The van der Waals surface area contributed by atoms with Gasteiger partial charge >= 0.3 is 0 Å². The number of hydrogen-bond acceptors (Lipinski definition) is 3. The summed E-state index contributed by atoms with van der Waals surface area (Å²) in [4.78, 5) is 20.3. The summed E-state index contributed by atoms with van der Waals surface area (Å²) in [6, 6.07) is 5.55. The van der Waals surface area contributed by atoms with Crippen molar-refractivity contribution in [1.29, 1.82) is 0 Å². The molecule has 4 aromatic rings. The molecule has 0 amide bonds. The van der Waals surface area contributed by atoms with Crippen LogP contribution < -0.4 is 5.56 Å². The molecule has 0 radical (unpaired) electrons. The molecule has 0 saturated carbocycles. The first-order valence-electron chi connectivity index (χ1n) is 7.80. The van der Waals surface area contributed by atoms with Gasteiger partial charge in [-0.2, -0.15) is 5.10 Å². The Bertz CT molecular complexity index is 1080. The largest absolute Gasteiger partial charge is 0.349 e. The lowest BCUT2D eigenvalue weighted by molar-refractivity contribution is 0.634. The zero-order valence-electron chi connectivity index (χ0n) is 13.1. The molecule has 0 fully saturated rings. The molecule has 3 heterocycles. The maximum atomic E-state index is 12.9. The Balaban J connectivity index is 1.84. The number of nitrogens with one attached hydrogen (secondary N) is 2. The van der Waals surface area contributed by atoms with Gasteiger partial charge in [-0.05, 0) is 31.5 Å². The van der Waals surface area contributed by atoms with Crippen molar-refractivity contribution in [2.24, 2.45) is 0 Å². The van der Waals surface area contributed by atoms with E-state index in [9.17, 15) is 4.79 Å². The molecule has 24 heavy (non-hydrogen) atoms. The molecule has 0 spiro atoms. The van der Waals surface area contributed by atoms with E-state index in [-0.39, 0.29) is 5.56 Å². The van der Waals surface area contributed by atoms with Crippen molar-refractivity contribution in [3.8, 4) is 0 Å². The van der Waals surface area contributed by atoms with Gasteiger partial charge in [-0.3, -0.25) is 9.89 Å². The maximum absolute atomic E-state index is 12.9. The van der Waals surface area contributed by atoms with Gasteiger partial charge in [-0.15, -0.1) is 0 Å². The molecule has 0 unspecified atom stereocenters. The number of H-pyrrole nitrogens is 2. The molecule has 0 aliphatic heterocycles. The molecule has 7 heteroatoms. The second-order valence-electron chi connectivity index (χ2n) is 5.83. The first kappa shape index (κ1) is 15.0. The number of aryl methyl sites for hydroxylation is 3. The van der Waals surface area contributed by atoms with E-state index in [0.29, 0.717) is 22.5 Å². The molecule has 3 aromatic heterocycles. The van der Waals surface area contributed by atoms with Gasteiger partial charge in [0.1, 0.15) is 11.3 Å². The molecule has 4 rings (SSSR count). The van der Waals surface area contributed by atoms with E-state index < -0.39 is 0 Å². The number of halogens is 1. The van der Waals surface area contributed by atoms with Crippen LogP contribution in [0.3, 0.4) is 0 Å². The highest BCUT2D eigenvalue weighted by molar-refractivity contribution is 6.31. The quantitative estimate of drug-likeness (QED) is 0.598. The van der Waals surface area contributed by atoms with Gasteiger partial charge in [0.25, 0.3) is 5.56 Å². The zero-order chi connectivity index (χ0) is 16.7. The minimum atomic E-state index is -0.0227. The first-order valence-corrected chi connectivity index (χ1v) is 8.18. The summed E-state index contributed by atoms with van der Waals surface area (Å²) in [5, 5.41) is 9.36. The van der Waals surface area contributed by atoms with Crippen molar-refractivity contribution < 1.29 is 0 Å². The molecular formula is C17H16ClN5O. The average molecular weight is 342 g/mol. The molecule has 122 valence electrons. The third-order valence-electron chi connectivity index (χ3n) is 4.26. The van der Waals surface area contributed by atoms with Crippen LogP contribution in [0, 0.1) is 6.92 Å². The van der Waals surface area contributed by atoms with Crippen LogP contribution in [0.1, 0.15) is 17.9 Å². The second-order valence-corrected chi connectivity index (χ2v) is 6.27. The van der Waals surface area contributed by atoms with Gasteiger partial charge < -0.3 is 9.55 Å².